The monoisotopic (exact) mass is 457 g/mol. The molecule has 1 aromatic carbocycles. The Hall–Kier alpha value is -1.77. The van der Waals surface area contributed by atoms with E-state index in [4.69, 9.17) is 9.73 Å². The summed E-state index contributed by atoms with van der Waals surface area (Å²) in [5.74, 6) is 1.79. The van der Waals surface area contributed by atoms with Gasteiger partial charge in [-0.25, -0.2) is 0 Å². The number of benzene rings is 1. The van der Waals surface area contributed by atoms with Gasteiger partial charge in [0.05, 0.1) is 13.3 Å². The molecule has 0 saturated carbocycles. The Bertz CT molecular complexity index is 654. The van der Waals surface area contributed by atoms with Crippen molar-refractivity contribution in [3.8, 4) is 5.75 Å². The predicted molar refractivity (Wildman–Crippen MR) is 113 cm³/mol. The summed E-state index contributed by atoms with van der Waals surface area (Å²) in [4.78, 5) is 6.85. The van der Waals surface area contributed by atoms with E-state index in [9.17, 15) is 0 Å². The number of halogens is 1. The van der Waals surface area contributed by atoms with Crippen LogP contribution < -0.4 is 10.1 Å². The number of rotatable bonds is 7. The fraction of sp³-hybridized carbons (Fsp3) is 0.444. The van der Waals surface area contributed by atoms with Crippen molar-refractivity contribution in [1.82, 2.24) is 20.0 Å². The lowest BCUT2D eigenvalue weighted by Gasteiger charge is -2.22. The van der Waals surface area contributed by atoms with E-state index in [0.29, 0.717) is 0 Å². The molecule has 0 bridgehead atoms. The van der Waals surface area contributed by atoms with Gasteiger partial charge in [0.2, 0.25) is 0 Å². The Kier molecular flexibility index (Phi) is 9.33. The maximum atomic E-state index is 5.20. The molecule has 0 aliphatic rings. The van der Waals surface area contributed by atoms with Gasteiger partial charge in [0.1, 0.15) is 5.75 Å². The summed E-state index contributed by atoms with van der Waals surface area (Å²) >= 11 is 0. The van der Waals surface area contributed by atoms with Crippen LogP contribution in [0.15, 0.2) is 41.7 Å². The number of nitrogens with zero attached hydrogens (tertiary/aromatic N) is 4. The van der Waals surface area contributed by atoms with E-state index in [1.54, 1.807) is 7.11 Å². The van der Waals surface area contributed by atoms with Crippen molar-refractivity contribution in [2.75, 3.05) is 27.2 Å². The normalized spacial score (nSPS) is 11.0. The average Bonchev–Trinajstić information content (AvgIpc) is 3.00. The van der Waals surface area contributed by atoms with Crippen molar-refractivity contribution in [2.45, 2.75) is 19.9 Å². The number of hydrogen-bond acceptors (Lipinski definition) is 3. The van der Waals surface area contributed by atoms with Crippen LogP contribution in [-0.4, -0.2) is 47.9 Å². The minimum Gasteiger partial charge on any atom is -0.497 e. The number of hydrogen-bond donors (Lipinski definition) is 1. The molecular weight excluding hydrogens is 429 g/mol. The van der Waals surface area contributed by atoms with Crippen molar-refractivity contribution >= 4 is 29.9 Å². The van der Waals surface area contributed by atoms with Gasteiger partial charge in [-0.3, -0.25) is 9.67 Å². The van der Waals surface area contributed by atoms with Gasteiger partial charge in [0, 0.05) is 39.9 Å². The number of ether oxygens (including phenoxy) is 1. The number of guanidine groups is 1. The maximum absolute atomic E-state index is 5.20. The summed E-state index contributed by atoms with van der Waals surface area (Å²) in [5.41, 5.74) is 2.42. The van der Waals surface area contributed by atoms with E-state index in [-0.39, 0.29) is 24.0 Å². The van der Waals surface area contributed by atoms with E-state index in [2.05, 4.69) is 41.4 Å². The van der Waals surface area contributed by atoms with Crippen LogP contribution in [0, 0.1) is 0 Å². The van der Waals surface area contributed by atoms with Crippen LogP contribution in [0.5, 0.6) is 5.75 Å². The molecule has 0 amide bonds. The average molecular weight is 457 g/mol. The van der Waals surface area contributed by atoms with Gasteiger partial charge in [-0.1, -0.05) is 12.1 Å². The van der Waals surface area contributed by atoms with Gasteiger partial charge < -0.3 is 15.0 Å². The van der Waals surface area contributed by atoms with Crippen molar-refractivity contribution < 1.29 is 4.74 Å². The lowest BCUT2D eigenvalue weighted by atomic mass is 10.2. The first kappa shape index (κ1) is 21.3. The zero-order valence-corrected chi connectivity index (χ0v) is 17.7. The highest BCUT2D eigenvalue weighted by Gasteiger charge is 2.07. The van der Waals surface area contributed by atoms with Gasteiger partial charge >= 0.3 is 0 Å². The van der Waals surface area contributed by atoms with Crippen molar-refractivity contribution in [3.05, 3.63) is 47.8 Å². The largest absolute Gasteiger partial charge is 0.497 e. The standard InChI is InChI=1S/C18H27N5O.HI/c1-5-19-18(20-11-10-16-12-21-23(3)14-16)22(2)13-15-6-8-17(24-4)9-7-15;/h6-9,12,14H,5,10-11,13H2,1-4H3,(H,19,20);1H. The first-order valence-corrected chi connectivity index (χ1v) is 8.22. The third-order valence-electron chi connectivity index (χ3n) is 3.70. The Morgan fingerprint density at radius 2 is 2.00 bits per heavy atom. The molecule has 0 radical (unpaired) electrons. The quantitative estimate of drug-likeness (QED) is 0.395. The van der Waals surface area contributed by atoms with Crippen molar-refractivity contribution in [3.63, 3.8) is 0 Å². The van der Waals surface area contributed by atoms with Crippen LogP contribution in [0.2, 0.25) is 0 Å². The molecule has 0 unspecified atom stereocenters. The zero-order valence-electron chi connectivity index (χ0n) is 15.4. The van der Waals surface area contributed by atoms with Crippen LogP contribution in [0.4, 0.5) is 0 Å². The molecular formula is C18H28IN5O. The SMILES string of the molecule is CCNC(=NCCc1cnn(C)c1)N(C)Cc1ccc(OC)cc1.I. The summed E-state index contributed by atoms with van der Waals surface area (Å²) in [7, 11) is 5.66. The number of nitrogens with one attached hydrogen (secondary N) is 1. The summed E-state index contributed by atoms with van der Waals surface area (Å²) in [5, 5.41) is 7.53. The molecule has 2 aromatic rings. The lowest BCUT2D eigenvalue weighted by molar-refractivity contribution is 0.414. The van der Waals surface area contributed by atoms with Crippen LogP contribution >= 0.6 is 24.0 Å². The second kappa shape index (κ2) is 11.0. The number of aryl methyl sites for hydroxylation is 1. The van der Waals surface area contributed by atoms with E-state index in [1.807, 2.05) is 36.3 Å². The molecule has 138 valence electrons. The number of aromatic nitrogens is 2. The molecule has 0 aliphatic heterocycles. The topological polar surface area (TPSA) is 54.7 Å². The van der Waals surface area contributed by atoms with Gasteiger partial charge in [-0.05, 0) is 36.6 Å². The molecule has 1 aromatic heterocycles. The Labute approximate surface area is 167 Å². The Morgan fingerprint density at radius 3 is 2.56 bits per heavy atom. The molecule has 1 N–H and O–H groups in total. The van der Waals surface area contributed by atoms with Crippen molar-refractivity contribution in [2.24, 2.45) is 12.0 Å². The van der Waals surface area contributed by atoms with Crippen LogP contribution in [0.3, 0.4) is 0 Å². The fourth-order valence-corrected chi connectivity index (χ4v) is 2.44. The first-order valence-electron chi connectivity index (χ1n) is 8.22. The maximum Gasteiger partial charge on any atom is 0.193 e. The Balaban J connectivity index is 0.00000312. The molecule has 0 saturated heterocycles. The molecule has 2 rings (SSSR count). The van der Waals surface area contributed by atoms with Crippen LogP contribution in [-0.2, 0) is 20.0 Å². The summed E-state index contributed by atoms with van der Waals surface area (Å²) in [6.45, 7) is 4.46. The first-order chi connectivity index (χ1) is 11.6. The minimum atomic E-state index is 0. The fourth-order valence-electron chi connectivity index (χ4n) is 2.44. The molecule has 6 nitrogen and oxygen atoms in total. The molecule has 0 spiro atoms. The number of aliphatic imine (C=N–C) groups is 1. The van der Waals surface area contributed by atoms with Gasteiger partial charge in [0.25, 0.3) is 0 Å². The zero-order chi connectivity index (χ0) is 17.4. The van der Waals surface area contributed by atoms with E-state index in [0.717, 1.165) is 37.8 Å². The third-order valence-corrected chi connectivity index (χ3v) is 3.70. The number of methoxy groups -OCH3 is 1. The van der Waals surface area contributed by atoms with Crippen molar-refractivity contribution in [1.29, 1.82) is 0 Å². The highest BCUT2D eigenvalue weighted by atomic mass is 127. The predicted octanol–water partition coefficient (Wildman–Crippen LogP) is 2.69. The molecule has 0 atom stereocenters. The molecule has 25 heavy (non-hydrogen) atoms. The van der Waals surface area contributed by atoms with Gasteiger partial charge in [-0.2, -0.15) is 5.10 Å². The van der Waals surface area contributed by atoms with Gasteiger partial charge in [-0.15, -0.1) is 24.0 Å². The highest BCUT2D eigenvalue weighted by Crippen LogP contribution is 2.12. The summed E-state index contributed by atoms with van der Waals surface area (Å²) in [6, 6.07) is 8.12. The highest BCUT2D eigenvalue weighted by molar-refractivity contribution is 14.0. The van der Waals surface area contributed by atoms with E-state index in [1.165, 1.54) is 11.1 Å². The Morgan fingerprint density at radius 1 is 1.28 bits per heavy atom. The molecule has 0 fully saturated rings. The van der Waals surface area contributed by atoms with E-state index >= 15 is 0 Å². The third kappa shape index (κ3) is 6.93. The second-order valence-corrected chi connectivity index (χ2v) is 5.71. The lowest BCUT2D eigenvalue weighted by Crippen LogP contribution is -2.38. The van der Waals surface area contributed by atoms with Crippen LogP contribution in [0.1, 0.15) is 18.1 Å². The second-order valence-electron chi connectivity index (χ2n) is 5.71. The van der Waals surface area contributed by atoms with Gasteiger partial charge in [0.15, 0.2) is 5.96 Å². The smallest absolute Gasteiger partial charge is 0.193 e. The minimum absolute atomic E-state index is 0. The summed E-state index contributed by atoms with van der Waals surface area (Å²) in [6.07, 6.45) is 4.81. The molecule has 1 heterocycles. The molecule has 0 aliphatic carbocycles. The van der Waals surface area contributed by atoms with Crippen LogP contribution in [0.25, 0.3) is 0 Å². The van der Waals surface area contributed by atoms with E-state index < -0.39 is 0 Å². The summed E-state index contributed by atoms with van der Waals surface area (Å²) < 4.78 is 7.02. The molecule has 7 heteroatoms.